The lowest BCUT2D eigenvalue weighted by Crippen LogP contribution is -2.38. The number of thioether (sulfide) groups is 1. The van der Waals surface area contributed by atoms with Crippen LogP contribution in [0.4, 0.5) is 0 Å². The molecule has 1 heterocycles. The van der Waals surface area contributed by atoms with Crippen LogP contribution < -0.4 is 11.3 Å². The zero-order valence-electron chi connectivity index (χ0n) is 10.3. The van der Waals surface area contributed by atoms with Crippen LogP contribution >= 0.6 is 23.1 Å². The van der Waals surface area contributed by atoms with Gasteiger partial charge in [-0.25, -0.2) is 4.98 Å². The van der Waals surface area contributed by atoms with Crippen molar-refractivity contribution >= 4 is 23.1 Å². The van der Waals surface area contributed by atoms with Gasteiger partial charge in [0.1, 0.15) is 0 Å². The second-order valence-electron chi connectivity index (χ2n) is 4.07. The maximum absolute atomic E-state index is 5.61. The third kappa shape index (κ3) is 4.10. The number of benzene rings is 1. The van der Waals surface area contributed by atoms with Gasteiger partial charge in [0.05, 0.1) is 5.01 Å². The lowest BCUT2D eigenvalue weighted by molar-refractivity contribution is 0.574. The Balaban J connectivity index is 1.86. The topological polar surface area (TPSA) is 50.9 Å². The first kappa shape index (κ1) is 13.5. The molecule has 0 bridgehead atoms. The number of nitrogens with zero attached hydrogens (tertiary/aromatic N) is 1. The number of aromatic nitrogens is 1. The molecule has 3 nitrogen and oxygen atoms in total. The predicted molar refractivity (Wildman–Crippen MR) is 78.8 cm³/mol. The van der Waals surface area contributed by atoms with E-state index in [1.807, 2.05) is 24.8 Å². The van der Waals surface area contributed by atoms with Crippen LogP contribution in [0.5, 0.6) is 0 Å². The summed E-state index contributed by atoms with van der Waals surface area (Å²) in [6.45, 7) is 2.02. The highest BCUT2D eigenvalue weighted by Gasteiger charge is 2.10. The summed E-state index contributed by atoms with van der Waals surface area (Å²) in [6, 6.07) is 10.6. The van der Waals surface area contributed by atoms with E-state index in [1.165, 1.54) is 4.90 Å². The van der Waals surface area contributed by atoms with Crippen molar-refractivity contribution in [3.8, 4) is 0 Å². The molecule has 2 rings (SSSR count). The van der Waals surface area contributed by atoms with Gasteiger partial charge in [-0.3, -0.25) is 11.3 Å². The molecule has 0 spiro atoms. The molecule has 1 aromatic heterocycles. The van der Waals surface area contributed by atoms with Crippen molar-refractivity contribution in [1.29, 1.82) is 0 Å². The normalized spacial score (nSPS) is 12.6. The Hall–Kier alpha value is -0.880. The lowest BCUT2D eigenvalue weighted by atomic mass is 10.2. The number of hydrazine groups is 1. The van der Waals surface area contributed by atoms with Crippen molar-refractivity contribution in [2.75, 3.05) is 5.75 Å². The Morgan fingerprint density at radius 3 is 2.78 bits per heavy atom. The van der Waals surface area contributed by atoms with Crippen LogP contribution in [0.15, 0.2) is 40.6 Å². The van der Waals surface area contributed by atoms with E-state index >= 15 is 0 Å². The molecule has 1 aromatic carbocycles. The first-order chi connectivity index (χ1) is 8.78. The molecule has 96 valence electrons. The van der Waals surface area contributed by atoms with Crippen molar-refractivity contribution < 1.29 is 0 Å². The lowest BCUT2D eigenvalue weighted by Gasteiger charge is -2.13. The summed E-state index contributed by atoms with van der Waals surface area (Å²) in [4.78, 5) is 5.74. The largest absolute Gasteiger partial charge is 0.271 e. The molecule has 0 aliphatic carbocycles. The first-order valence-electron chi connectivity index (χ1n) is 5.83. The third-order valence-electron chi connectivity index (χ3n) is 2.52. The minimum Gasteiger partial charge on any atom is -0.271 e. The molecule has 1 unspecified atom stereocenters. The molecular weight excluding hydrogens is 262 g/mol. The number of nitrogens with two attached hydrogens (primary N) is 1. The van der Waals surface area contributed by atoms with Crippen LogP contribution in [0, 0.1) is 6.92 Å². The fraction of sp³-hybridized carbons (Fsp3) is 0.308. The zero-order valence-corrected chi connectivity index (χ0v) is 11.9. The molecule has 2 aromatic rings. The molecule has 0 amide bonds. The minimum atomic E-state index is 0.251. The highest BCUT2D eigenvalue weighted by atomic mass is 32.2. The van der Waals surface area contributed by atoms with E-state index in [4.69, 9.17) is 5.84 Å². The predicted octanol–water partition coefficient (Wildman–Crippen LogP) is 2.62. The molecule has 0 aliphatic heterocycles. The van der Waals surface area contributed by atoms with Gasteiger partial charge in [0.15, 0.2) is 0 Å². The summed E-state index contributed by atoms with van der Waals surface area (Å²) in [7, 11) is 0. The first-order valence-corrected chi connectivity index (χ1v) is 7.69. The van der Waals surface area contributed by atoms with E-state index in [0.717, 1.165) is 22.9 Å². The fourth-order valence-corrected chi connectivity index (χ4v) is 3.40. The van der Waals surface area contributed by atoms with E-state index in [0.29, 0.717) is 0 Å². The highest BCUT2D eigenvalue weighted by Crippen LogP contribution is 2.19. The summed E-state index contributed by atoms with van der Waals surface area (Å²) in [5, 5.41) is 3.22. The second-order valence-corrected chi connectivity index (χ2v) is 6.11. The van der Waals surface area contributed by atoms with Crippen LogP contribution in [0.25, 0.3) is 0 Å². The summed E-state index contributed by atoms with van der Waals surface area (Å²) in [6.07, 6.45) is 0.884. The van der Waals surface area contributed by atoms with Crippen molar-refractivity contribution in [2.45, 2.75) is 24.3 Å². The van der Waals surface area contributed by atoms with Gasteiger partial charge < -0.3 is 0 Å². The molecule has 0 aliphatic rings. The van der Waals surface area contributed by atoms with Gasteiger partial charge in [-0.1, -0.05) is 18.2 Å². The standard InChI is InChI=1S/C13H17N3S2/c1-10-8-18-13(15-10)7-11(16-14)9-17-12-5-3-2-4-6-12/h2-6,8,11,16H,7,9,14H2,1H3. The van der Waals surface area contributed by atoms with Crippen molar-refractivity contribution in [1.82, 2.24) is 10.4 Å². The van der Waals surface area contributed by atoms with Crippen LogP contribution in [0.1, 0.15) is 10.7 Å². The maximum atomic E-state index is 5.61. The minimum absolute atomic E-state index is 0.251. The smallest absolute Gasteiger partial charge is 0.0944 e. The Morgan fingerprint density at radius 1 is 1.39 bits per heavy atom. The number of hydrogen-bond donors (Lipinski definition) is 2. The van der Waals surface area contributed by atoms with Gasteiger partial charge in [-0.05, 0) is 19.1 Å². The van der Waals surface area contributed by atoms with E-state index in [2.05, 4.69) is 40.1 Å². The van der Waals surface area contributed by atoms with Crippen LogP contribution in [0.2, 0.25) is 0 Å². The summed E-state index contributed by atoms with van der Waals surface area (Å²) in [5.41, 5.74) is 3.96. The van der Waals surface area contributed by atoms with Crippen LogP contribution in [0.3, 0.4) is 0 Å². The highest BCUT2D eigenvalue weighted by molar-refractivity contribution is 7.99. The molecule has 5 heteroatoms. The Labute approximate surface area is 116 Å². The third-order valence-corrected chi connectivity index (χ3v) is 4.68. The van der Waals surface area contributed by atoms with Crippen molar-refractivity contribution in [3.05, 3.63) is 46.4 Å². The van der Waals surface area contributed by atoms with Gasteiger partial charge in [0.25, 0.3) is 0 Å². The number of thiazole rings is 1. The molecule has 1 atom stereocenters. The number of rotatable bonds is 6. The van der Waals surface area contributed by atoms with Crippen molar-refractivity contribution in [3.63, 3.8) is 0 Å². The number of hydrogen-bond acceptors (Lipinski definition) is 5. The Kier molecular flexibility index (Phi) is 5.19. The van der Waals surface area contributed by atoms with E-state index in [1.54, 1.807) is 11.3 Å². The summed E-state index contributed by atoms with van der Waals surface area (Å²) < 4.78 is 0. The molecule has 0 saturated heterocycles. The maximum Gasteiger partial charge on any atom is 0.0944 e. The molecule has 0 saturated carbocycles. The Bertz CT molecular complexity index is 470. The second kappa shape index (κ2) is 6.89. The van der Waals surface area contributed by atoms with Gasteiger partial charge in [-0.2, -0.15) is 0 Å². The van der Waals surface area contributed by atoms with Gasteiger partial charge >= 0.3 is 0 Å². The average Bonchev–Trinajstić information content (AvgIpc) is 2.81. The van der Waals surface area contributed by atoms with Gasteiger partial charge in [0.2, 0.25) is 0 Å². The number of nitrogens with one attached hydrogen (secondary N) is 1. The van der Waals surface area contributed by atoms with Crippen molar-refractivity contribution in [2.24, 2.45) is 5.84 Å². The fourth-order valence-electron chi connectivity index (χ4n) is 1.59. The zero-order chi connectivity index (χ0) is 12.8. The summed E-state index contributed by atoms with van der Waals surface area (Å²) >= 11 is 3.51. The molecule has 0 fully saturated rings. The van der Waals surface area contributed by atoms with Gasteiger partial charge in [-0.15, -0.1) is 23.1 Å². The van der Waals surface area contributed by atoms with E-state index in [9.17, 15) is 0 Å². The molecule has 0 radical (unpaired) electrons. The average molecular weight is 279 g/mol. The SMILES string of the molecule is Cc1csc(CC(CSc2ccccc2)NN)n1. The molecule has 18 heavy (non-hydrogen) atoms. The number of aryl methyl sites for hydroxylation is 1. The quantitative estimate of drug-likeness (QED) is 0.485. The summed E-state index contributed by atoms with van der Waals surface area (Å²) in [5.74, 6) is 6.55. The molecule has 3 N–H and O–H groups in total. The molecular formula is C13H17N3S2. The Morgan fingerprint density at radius 2 is 2.17 bits per heavy atom. The van der Waals surface area contributed by atoms with Gasteiger partial charge in [0, 0.05) is 34.2 Å². The van der Waals surface area contributed by atoms with E-state index in [-0.39, 0.29) is 6.04 Å². The van der Waals surface area contributed by atoms with Crippen LogP contribution in [-0.4, -0.2) is 16.8 Å². The monoisotopic (exact) mass is 279 g/mol. The van der Waals surface area contributed by atoms with Crippen LogP contribution in [-0.2, 0) is 6.42 Å². The van der Waals surface area contributed by atoms with E-state index < -0.39 is 0 Å².